The van der Waals surface area contributed by atoms with Crippen LogP contribution in [-0.2, 0) is 35.0 Å². The number of nitrogens with one attached hydrogen (secondary N) is 3. The summed E-state index contributed by atoms with van der Waals surface area (Å²) in [6, 6.07) is 1.90. The van der Waals surface area contributed by atoms with Crippen LogP contribution < -0.4 is 21.7 Å². The van der Waals surface area contributed by atoms with Crippen LogP contribution in [0.15, 0.2) is 23.6 Å². The number of nitrogen functional groups attached to an aromatic ring is 1. The molecule has 0 unspecified atom stereocenters. The number of unbranched alkanes of at least 4 members (excludes halogenated alkanes) is 3. The fourth-order valence-corrected chi connectivity index (χ4v) is 9.12. The van der Waals surface area contributed by atoms with Crippen molar-refractivity contribution >= 4 is 46.8 Å². The number of rotatable bonds is 31. The Balaban J connectivity index is 2.00. The van der Waals surface area contributed by atoms with Crippen LogP contribution in [0, 0.1) is 23.1 Å². The van der Waals surface area contributed by atoms with Gasteiger partial charge >= 0.3 is 12.1 Å². The number of thiazole rings is 1. The number of piperidine rings is 1. The molecular weight excluding hydrogens is 898 g/mol. The van der Waals surface area contributed by atoms with Gasteiger partial charge in [0.1, 0.15) is 22.6 Å². The van der Waals surface area contributed by atoms with Gasteiger partial charge in [0, 0.05) is 37.0 Å². The van der Waals surface area contributed by atoms with E-state index in [-0.39, 0.29) is 99.9 Å². The number of alkyl carbamates (subject to hydrolysis) is 1. The third kappa shape index (κ3) is 18.8. The van der Waals surface area contributed by atoms with E-state index in [9.17, 15) is 28.7 Å². The minimum Gasteiger partial charge on any atom is -0.481 e. The number of ether oxygens (including phenoxy) is 3. The zero-order valence-corrected chi connectivity index (χ0v) is 42.5. The molecule has 1 saturated heterocycles. The van der Waals surface area contributed by atoms with Gasteiger partial charge in [0.25, 0.3) is 5.91 Å². The number of likely N-dealkylation sites (tertiary alicyclic amines) is 1. The molecule has 68 heavy (non-hydrogen) atoms. The molecule has 0 bridgehead atoms. The molecular formula is C49H80FN7O10S. The lowest BCUT2D eigenvalue weighted by Gasteiger charge is -2.40. The van der Waals surface area contributed by atoms with Gasteiger partial charge in [-0.2, -0.15) is 0 Å². The second kappa shape index (κ2) is 29.6. The molecule has 0 radical (unpaired) electrons. The number of amides is 4. The number of anilines is 1. The molecule has 1 aromatic heterocycles. The monoisotopic (exact) mass is 978 g/mol. The highest BCUT2D eigenvalue weighted by atomic mass is 32.1. The van der Waals surface area contributed by atoms with E-state index in [0.29, 0.717) is 30.0 Å². The zero-order chi connectivity index (χ0) is 50.4. The van der Waals surface area contributed by atoms with Crippen LogP contribution in [0.1, 0.15) is 140 Å². The van der Waals surface area contributed by atoms with E-state index in [1.807, 2.05) is 44.5 Å². The maximum atomic E-state index is 15.1. The Morgan fingerprint density at radius 1 is 1.03 bits per heavy atom. The summed E-state index contributed by atoms with van der Waals surface area (Å²) in [5.74, 6) is -3.02. The Labute approximate surface area is 406 Å². The Bertz CT molecular complexity index is 1890. The number of carboxylic acids is 1. The summed E-state index contributed by atoms with van der Waals surface area (Å²) in [7, 11) is 1.94. The standard InChI is InChI=1S/C49H80FN7O10S/c1-9-11-12-14-21-57(46(61)42(33(5)10-2)55-44(60)39-16-13-15-20-56(39)8)40(32(3)4)29-41(67-48(64)52-19-23-65-25-26-66-24-22-58)45-54-38(31-68-45)43(59)53-35(30-49(6,7)47(62)63)27-34-17-18-37(51)36(50)28-34/h17-18,28,31-33,35,39-42,58H,9-16,19-27,29-30,51H2,1-8H3,(H,52,64)(H,53,59)(H,55,60)(H,62,63)/t33-,35-,39+,40+,41+,42-/m0/s1. The summed E-state index contributed by atoms with van der Waals surface area (Å²) in [5, 5.41) is 29.5. The van der Waals surface area contributed by atoms with Crippen LogP contribution in [-0.4, -0.2) is 139 Å². The summed E-state index contributed by atoms with van der Waals surface area (Å²) in [4.78, 5) is 77.3. The van der Waals surface area contributed by atoms with E-state index in [4.69, 9.17) is 30.0 Å². The summed E-state index contributed by atoms with van der Waals surface area (Å²) in [6.45, 7) is 15.2. The highest BCUT2D eigenvalue weighted by Crippen LogP contribution is 2.33. The average Bonchev–Trinajstić information content (AvgIpc) is 3.79. The van der Waals surface area contributed by atoms with Crippen LogP contribution in [0.5, 0.6) is 0 Å². The predicted molar refractivity (Wildman–Crippen MR) is 261 cm³/mol. The number of hydrogen-bond acceptors (Lipinski definition) is 13. The number of carbonyl (C=O) groups is 5. The van der Waals surface area contributed by atoms with Crippen LogP contribution >= 0.6 is 11.3 Å². The van der Waals surface area contributed by atoms with E-state index in [0.717, 1.165) is 56.4 Å². The molecule has 17 nitrogen and oxygen atoms in total. The van der Waals surface area contributed by atoms with Gasteiger partial charge in [-0.1, -0.05) is 72.8 Å². The maximum absolute atomic E-state index is 15.1. The minimum atomic E-state index is -1.25. The number of nitrogens with zero attached hydrogens (tertiary/aromatic N) is 3. The van der Waals surface area contributed by atoms with Crippen molar-refractivity contribution in [3.8, 4) is 0 Å². The third-order valence-corrected chi connectivity index (χ3v) is 13.6. The maximum Gasteiger partial charge on any atom is 0.407 e. The van der Waals surface area contributed by atoms with Crippen LogP contribution in [0.3, 0.4) is 0 Å². The molecule has 384 valence electrons. The van der Waals surface area contributed by atoms with Gasteiger partial charge < -0.3 is 51.0 Å². The molecule has 3 rings (SSSR count). The lowest BCUT2D eigenvalue weighted by Crippen LogP contribution is -2.59. The number of aromatic nitrogens is 1. The van der Waals surface area contributed by atoms with Gasteiger partial charge in [0.05, 0.1) is 50.2 Å². The molecule has 0 aliphatic carbocycles. The number of halogens is 1. The van der Waals surface area contributed by atoms with Crippen molar-refractivity contribution in [2.45, 2.75) is 149 Å². The number of carboxylic acid groups (broad SMARTS) is 1. The highest BCUT2D eigenvalue weighted by molar-refractivity contribution is 7.09. The zero-order valence-electron chi connectivity index (χ0n) is 41.7. The highest BCUT2D eigenvalue weighted by Gasteiger charge is 2.39. The first-order chi connectivity index (χ1) is 32.3. The quantitative estimate of drug-likeness (QED) is 0.0358. The van der Waals surface area contributed by atoms with Crippen molar-refractivity contribution in [2.24, 2.45) is 17.3 Å². The molecule has 1 aromatic carbocycles. The summed E-state index contributed by atoms with van der Waals surface area (Å²) < 4.78 is 31.4. The number of aliphatic hydroxyl groups is 1. The van der Waals surface area contributed by atoms with Crippen molar-refractivity contribution < 1.29 is 52.8 Å². The molecule has 4 amide bonds. The number of likely N-dealkylation sites (N-methyl/N-ethyl adjacent to an activating group) is 1. The molecule has 2 aromatic rings. The minimum absolute atomic E-state index is 0.00161. The molecule has 0 spiro atoms. The smallest absolute Gasteiger partial charge is 0.407 e. The molecule has 7 N–H and O–H groups in total. The number of carbonyl (C=O) groups excluding carboxylic acids is 4. The Hall–Kier alpha value is -4.43. The molecule has 1 fully saturated rings. The van der Waals surface area contributed by atoms with E-state index >= 15 is 4.79 Å². The number of aliphatic carboxylic acids is 1. The number of hydrogen-bond donors (Lipinski definition) is 6. The van der Waals surface area contributed by atoms with Crippen molar-refractivity contribution in [1.82, 2.24) is 30.7 Å². The van der Waals surface area contributed by atoms with Crippen LogP contribution in [0.25, 0.3) is 0 Å². The summed E-state index contributed by atoms with van der Waals surface area (Å²) in [6.07, 6.45) is 5.30. The van der Waals surface area contributed by atoms with E-state index in [1.165, 1.54) is 17.5 Å². The Morgan fingerprint density at radius 3 is 2.38 bits per heavy atom. The van der Waals surface area contributed by atoms with Crippen molar-refractivity contribution in [1.29, 1.82) is 0 Å². The Kier molecular flexibility index (Phi) is 25.2. The predicted octanol–water partition coefficient (Wildman–Crippen LogP) is 6.34. The van der Waals surface area contributed by atoms with E-state index in [1.54, 1.807) is 19.9 Å². The van der Waals surface area contributed by atoms with Crippen LogP contribution in [0.2, 0.25) is 0 Å². The molecule has 1 aliphatic heterocycles. The molecule has 6 atom stereocenters. The number of benzene rings is 1. The topological polar surface area (TPSA) is 235 Å². The van der Waals surface area contributed by atoms with Gasteiger partial charge in [-0.3, -0.25) is 24.1 Å². The fourth-order valence-electron chi connectivity index (χ4n) is 8.29. The van der Waals surface area contributed by atoms with Crippen molar-refractivity contribution in [2.75, 3.05) is 65.5 Å². The second-order valence-electron chi connectivity index (χ2n) is 19.0. The largest absolute Gasteiger partial charge is 0.481 e. The van der Waals surface area contributed by atoms with Gasteiger partial charge in [0.15, 0.2) is 6.10 Å². The molecule has 1 aliphatic rings. The molecule has 19 heteroatoms. The first kappa shape index (κ1) is 57.9. The third-order valence-electron chi connectivity index (χ3n) is 12.6. The second-order valence-corrected chi connectivity index (χ2v) is 19.9. The fraction of sp³-hybridized carbons (Fsp3) is 0.714. The molecule has 2 heterocycles. The Morgan fingerprint density at radius 2 is 1.75 bits per heavy atom. The first-order valence-corrected chi connectivity index (χ1v) is 25.3. The van der Waals surface area contributed by atoms with Crippen molar-refractivity contribution in [3.05, 3.63) is 45.7 Å². The van der Waals surface area contributed by atoms with E-state index < -0.39 is 53.4 Å². The normalized spacial score (nSPS) is 16.6. The van der Waals surface area contributed by atoms with Gasteiger partial charge in [0.2, 0.25) is 11.8 Å². The molecule has 0 saturated carbocycles. The van der Waals surface area contributed by atoms with E-state index in [2.05, 4.69) is 22.9 Å². The number of nitrogens with two attached hydrogens (primary N) is 1. The summed E-state index contributed by atoms with van der Waals surface area (Å²) in [5.41, 5.74) is 4.91. The lowest BCUT2D eigenvalue weighted by atomic mass is 9.84. The van der Waals surface area contributed by atoms with Gasteiger partial charge in [-0.25, -0.2) is 14.2 Å². The first-order valence-electron chi connectivity index (χ1n) is 24.4. The van der Waals surface area contributed by atoms with Gasteiger partial charge in [-0.15, -0.1) is 11.3 Å². The summed E-state index contributed by atoms with van der Waals surface area (Å²) >= 11 is 1.10. The SMILES string of the molecule is CCCCCCN(C(=O)[C@@H](NC(=O)[C@H]1CCCCN1C)[C@@H](C)CC)[C@H](C[C@@H](OC(=O)NCCOCCOCCO)c1nc(C(=O)N[C@@H](Cc2ccc(N)c(F)c2)CC(C)(C)C(=O)O)cs1)C(C)C. The van der Waals surface area contributed by atoms with Crippen LogP contribution in [0.4, 0.5) is 14.9 Å². The number of aliphatic hydroxyl groups excluding tert-OH is 1. The van der Waals surface area contributed by atoms with Crippen molar-refractivity contribution in [3.63, 3.8) is 0 Å². The lowest BCUT2D eigenvalue weighted by molar-refractivity contribution is -0.147. The average molecular weight is 978 g/mol. The van der Waals surface area contributed by atoms with Gasteiger partial charge in [-0.05, 0) is 89.1 Å².